The second-order valence-electron chi connectivity index (χ2n) is 4.24. The number of ketones is 1. The molecule has 0 aliphatic carbocycles. The minimum Gasteiger partial charge on any atom is -0.497 e. The Hall–Kier alpha value is -2.08. The Kier molecular flexibility index (Phi) is 4.80. The SMILES string of the molecule is COc1ccc(C(=O)[C@H](C)OC(=O)c2ccc(Br)o2)cc1. The predicted molar refractivity (Wildman–Crippen MR) is 78.6 cm³/mol. The van der Waals surface area contributed by atoms with Gasteiger partial charge in [-0.3, -0.25) is 4.79 Å². The molecule has 0 saturated carbocycles. The molecule has 1 aromatic carbocycles. The van der Waals surface area contributed by atoms with Crippen LogP contribution >= 0.6 is 15.9 Å². The number of hydrogen-bond donors (Lipinski definition) is 0. The molecule has 0 unspecified atom stereocenters. The molecule has 5 nitrogen and oxygen atoms in total. The van der Waals surface area contributed by atoms with Crippen molar-refractivity contribution in [2.75, 3.05) is 7.11 Å². The van der Waals surface area contributed by atoms with Gasteiger partial charge in [0.25, 0.3) is 0 Å². The highest BCUT2D eigenvalue weighted by Crippen LogP contribution is 2.17. The van der Waals surface area contributed by atoms with Gasteiger partial charge in [0, 0.05) is 5.56 Å². The van der Waals surface area contributed by atoms with Crippen molar-refractivity contribution < 1.29 is 23.5 Å². The lowest BCUT2D eigenvalue weighted by atomic mass is 10.1. The number of carbonyl (C=O) groups is 2. The van der Waals surface area contributed by atoms with Crippen LogP contribution in [0.5, 0.6) is 5.75 Å². The lowest BCUT2D eigenvalue weighted by Gasteiger charge is -2.11. The maximum atomic E-state index is 12.2. The fourth-order valence-electron chi connectivity index (χ4n) is 1.69. The number of ether oxygens (including phenoxy) is 2. The second kappa shape index (κ2) is 6.58. The van der Waals surface area contributed by atoms with Gasteiger partial charge in [-0.1, -0.05) is 0 Å². The van der Waals surface area contributed by atoms with Crippen molar-refractivity contribution in [2.45, 2.75) is 13.0 Å². The van der Waals surface area contributed by atoms with Crippen LogP contribution in [0, 0.1) is 0 Å². The summed E-state index contributed by atoms with van der Waals surface area (Å²) in [5, 5.41) is 0. The average molecular weight is 353 g/mol. The van der Waals surface area contributed by atoms with E-state index in [1.807, 2.05) is 0 Å². The highest BCUT2D eigenvalue weighted by atomic mass is 79.9. The number of methoxy groups -OCH3 is 1. The molecule has 2 aromatic rings. The first-order valence-corrected chi connectivity index (χ1v) is 6.95. The number of furan rings is 1. The molecule has 110 valence electrons. The van der Waals surface area contributed by atoms with E-state index in [9.17, 15) is 9.59 Å². The molecule has 0 aliphatic rings. The van der Waals surface area contributed by atoms with Crippen molar-refractivity contribution in [2.24, 2.45) is 0 Å². The first-order chi connectivity index (χ1) is 10.0. The maximum absolute atomic E-state index is 12.2. The summed E-state index contributed by atoms with van der Waals surface area (Å²) >= 11 is 3.09. The number of hydrogen-bond acceptors (Lipinski definition) is 5. The Labute approximate surface area is 130 Å². The topological polar surface area (TPSA) is 65.7 Å². The third-order valence-electron chi connectivity index (χ3n) is 2.80. The molecule has 0 amide bonds. The van der Waals surface area contributed by atoms with Gasteiger partial charge < -0.3 is 13.9 Å². The molecule has 1 atom stereocenters. The van der Waals surface area contributed by atoms with Crippen LogP contribution in [0.15, 0.2) is 45.5 Å². The molecule has 1 aromatic heterocycles. The minimum atomic E-state index is -0.908. The fourth-order valence-corrected chi connectivity index (χ4v) is 1.99. The first-order valence-electron chi connectivity index (χ1n) is 6.16. The van der Waals surface area contributed by atoms with Crippen LogP contribution in [0.4, 0.5) is 0 Å². The van der Waals surface area contributed by atoms with Gasteiger partial charge in [-0.2, -0.15) is 0 Å². The summed E-state index contributed by atoms with van der Waals surface area (Å²) in [5.41, 5.74) is 0.441. The van der Waals surface area contributed by atoms with Crippen molar-refractivity contribution >= 4 is 27.7 Å². The van der Waals surface area contributed by atoms with E-state index in [1.165, 1.54) is 13.0 Å². The third kappa shape index (κ3) is 3.72. The Morgan fingerprint density at radius 2 is 1.81 bits per heavy atom. The van der Waals surface area contributed by atoms with Crippen LogP contribution in [0.25, 0.3) is 0 Å². The molecule has 1 heterocycles. The molecule has 0 saturated heterocycles. The van der Waals surface area contributed by atoms with Crippen molar-refractivity contribution in [1.29, 1.82) is 0 Å². The lowest BCUT2D eigenvalue weighted by molar-refractivity contribution is 0.0288. The molecule has 6 heteroatoms. The van der Waals surface area contributed by atoms with Gasteiger partial charge in [-0.05, 0) is 59.3 Å². The Morgan fingerprint density at radius 3 is 2.33 bits per heavy atom. The zero-order valence-electron chi connectivity index (χ0n) is 11.5. The molecule has 0 spiro atoms. The van der Waals surface area contributed by atoms with Crippen molar-refractivity contribution in [3.8, 4) is 5.75 Å². The lowest BCUT2D eigenvalue weighted by Crippen LogP contribution is -2.24. The van der Waals surface area contributed by atoms with Crippen LogP contribution < -0.4 is 4.74 Å². The van der Waals surface area contributed by atoms with E-state index in [0.717, 1.165) is 0 Å². The van der Waals surface area contributed by atoms with Gasteiger partial charge in [0.2, 0.25) is 11.5 Å². The van der Waals surface area contributed by atoms with Crippen LogP contribution in [-0.4, -0.2) is 25.0 Å². The smallest absolute Gasteiger partial charge is 0.374 e. The molecule has 0 radical (unpaired) electrons. The van der Waals surface area contributed by atoms with Crippen molar-refractivity contribution in [3.05, 3.63) is 52.4 Å². The summed E-state index contributed by atoms with van der Waals surface area (Å²) in [5.74, 6) is -0.292. The largest absolute Gasteiger partial charge is 0.497 e. The summed E-state index contributed by atoms with van der Waals surface area (Å²) in [7, 11) is 1.54. The Morgan fingerprint density at radius 1 is 1.14 bits per heavy atom. The van der Waals surface area contributed by atoms with E-state index in [2.05, 4.69) is 15.9 Å². The standard InChI is InChI=1S/C15H13BrO5/c1-9(20-15(18)12-7-8-13(16)21-12)14(17)10-3-5-11(19-2)6-4-10/h3-9H,1-2H3/t9-/m0/s1. The van der Waals surface area contributed by atoms with Gasteiger partial charge in [0.05, 0.1) is 7.11 Å². The summed E-state index contributed by atoms with van der Waals surface area (Å²) in [6.07, 6.45) is -0.908. The van der Waals surface area contributed by atoms with Gasteiger partial charge in [-0.15, -0.1) is 0 Å². The van der Waals surface area contributed by atoms with Crippen molar-refractivity contribution in [1.82, 2.24) is 0 Å². The van der Waals surface area contributed by atoms with E-state index in [-0.39, 0.29) is 11.5 Å². The molecule has 0 bridgehead atoms. The molecular formula is C15H13BrO5. The van der Waals surface area contributed by atoms with Crippen LogP contribution in [0.1, 0.15) is 27.8 Å². The normalized spacial score (nSPS) is 11.8. The van der Waals surface area contributed by atoms with Gasteiger partial charge in [-0.25, -0.2) is 4.79 Å². The zero-order chi connectivity index (χ0) is 15.4. The maximum Gasteiger partial charge on any atom is 0.374 e. The zero-order valence-corrected chi connectivity index (χ0v) is 13.0. The minimum absolute atomic E-state index is 0.0382. The molecule has 2 rings (SSSR count). The summed E-state index contributed by atoms with van der Waals surface area (Å²) in [6.45, 7) is 1.52. The number of esters is 1. The van der Waals surface area contributed by atoms with Crippen LogP contribution in [0.2, 0.25) is 0 Å². The van der Waals surface area contributed by atoms with Crippen molar-refractivity contribution in [3.63, 3.8) is 0 Å². The molecule has 0 fully saturated rings. The van der Waals surface area contributed by atoms with Gasteiger partial charge in [0.1, 0.15) is 5.75 Å². The summed E-state index contributed by atoms with van der Waals surface area (Å²) in [4.78, 5) is 24.0. The highest BCUT2D eigenvalue weighted by Gasteiger charge is 2.22. The van der Waals surface area contributed by atoms with E-state index in [1.54, 1.807) is 37.4 Å². The molecular weight excluding hydrogens is 340 g/mol. The van der Waals surface area contributed by atoms with Crippen LogP contribution in [0.3, 0.4) is 0 Å². The monoisotopic (exact) mass is 352 g/mol. The number of halogens is 1. The van der Waals surface area contributed by atoms with E-state index >= 15 is 0 Å². The molecule has 0 aliphatic heterocycles. The quantitative estimate of drug-likeness (QED) is 0.608. The number of carbonyl (C=O) groups excluding carboxylic acids is 2. The Balaban J connectivity index is 2.03. The predicted octanol–water partition coefficient (Wildman–Crippen LogP) is 3.48. The third-order valence-corrected chi connectivity index (χ3v) is 3.23. The van der Waals surface area contributed by atoms with Crippen LogP contribution in [-0.2, 0) is 4.74 Å². The number of rotatable bonds is 5. The fraction of sp³-hybridized carbons (Fsp3) is 0.200. The first kappa shape index (κ1) is 15.3. The molecule has 0 N–H and O–H groups in total. The van der Waals surface area contributed by atoms with E-state index in [4.69, 9.17) is 13.9 Å². The van der Waals surface area contributed by atoms with Gasteiger partial charge in [0.15, 0.2) is 10.8 Å². The number of benzene rings is 1. The second-order valence-corrected chi connectivity index (χ2v) is 5.03. The molecule has 21 heavy (non-hydrogen) atoms. The van der Waals surface area contributed by atoms with E-state index in [0.29, 0.717) is 16.0 Å². The number of Topliss-reactive ketones (excluding diaryl/α,β-unsaturated/α-hetero) is 1. The summed E-state index contributed by atoms with van der Waals surface area (Å²) < 4.78 is 15.6. The highest BCUT2D eigenvalue weighted by molar-refractivity contribution is 9.10. The average Bonchev–Trinajstić information content (AvgIpc) is 2.93. The Bertz CT molecular complexity index is 644. The van der Waals surface area contributed by atoms with E-state index < -0.39 is 12.1 Å². The van der Waals surface area contributed by atoms with Gasteiger partial charge >= 0.3 is 5.97 Å². The summed E-state index contributed by atoms with van der Waals surface area (Å²) in [6, 6.07) is 9.63.